The van der Waals surface area contributed by atoms with Gasteiger partial charge in [-0.1, -0.05) is 26.7 Å². The van der Waals surface area contributed by atoms with Gasteiger partial charge in [0.25, 0.3) is 0 Å². The second-order valence-electron chi connectivity index (χ2n) is 7.29. The summed E-state index contributed by atoms with van der Waals surface area (Å²) in [5.41, 5.74) is 1.66. The van der Waals surface area contributed by atoms with E-state index in [1.807, 2.05) is 24.1 Å². The van der Waals surface area contributed by atoms with Crippen LogP contribution in [-0.2, 0) is 4.74 Å². The van der Waals surface area contributed by atoms with Gasteiger partial charge in [0.05, 0.1) is 6.61 Å². The van der Waals surface area contributed by atoms with Crippen LogP contribution in [0.3, 0.4) is 0 Å². The van der Waals surface area contributed by atoms with Crippen molar-refractivity contribution in [2.75, 3.05) is 18.6 Å². The van der Waals surface area contributed by atoms with Crippen LogP contribution in [0, 0.1) is 0 Å². The summed E-state index contributed by atoms with van der Waals surface area (Å²) in [5, 5.41) is 10.9. The molecule has 0 unspecified atom stereocenters. The van der Waals surface area contributed by atoms with Gasteiger partial charge in [0.2, 0.25) is 5.88 Å². The number of carbonyl (C=O) groups is 1. The first-order valence-electron chi connectivity index (χ1n) is 10.5. The fourth-order valence-electron chi connectivity index (χ4n) is 3.71. The summed E-state index contributed by atoms with van der Waals surface area (Å²) in [5.74, 6) is 0.319. The number of carbonyl (C=O) groups excluding carboxylic acids is 1. The van der Waals surface area contributed by atoms with E-state index in [0.29, 0.717) is 11.7 Å². The van der Waals surface area contributed by atoms with Crippen molar-refractivity contribution < 1.29 is 19.1 Å². The molecule has 160 valence electrons. The predicted molar refractivity (Wildman–Crippen MR) is 119 cm³/mol. The number of rotatable bonds is 9. The quantitative estimate of drug-likeness (QED) is 0.569. The molecule has 0 saturated carbocycles. The van der Waals surface area contributed by atoms with Crippen LogP contribution in [0.25, 0.3) is 11.6 Å². The Morgan fingerprint density at radius 3 is 2.70 bits per heavy atom. The molecule has 1 aliphatic rings. The van der Waals surface area contributed by atoms with Gasteiger partial charge in [-0.2, -0.15) is 0 Å². The van der Waals surface area contributed by atoms with E-state index in [2.05, 4.69) is 23.8 Å². The lowest BCUT2D eigenvalue weighted by atomic mass is 10.0. The zero-order valence-electron chi connectivity index (χ0n) is 18.0. The Labute approximate surface area is 177 Å². The average molecular weight is 412 g/mol. The maximum atomic E-state index is 12.7. The Morgan fingerprint density at radius 1 is 1.30 bits per heavy atom. The number of esters is 1. The molecule has 0 saturated heterocycles. The lowest BCUT2D eigenvalue weighted by Gasteiger charge is -2.28. The second kappa shape index (κ2) is 9.61. The maximum absolute atomic E-state index is 12.7. The Kier molecular flexibility index (Phi) is 6.92. The normalized spacial score (nSPS) is 13.8. The fraction of sp³-hybridized carbons (Fsp3) is 0.435. The zero-order valence-corrected chi connectivity index (χ0v) is 18.0. The van der Waals surface area contributed by atoms with Gasteiger partial charge in [-0.15, -0.1) is 0 Å². The summed E-state index contributed by atoms with van der Waals surface area (Å²) in [6.45, 7) is 6.20. The highest BCUT2D eigenvalue weighted by Crippen LogP contribution is 2.40. The van der Waals surface area contributed by atoms with E-state index in [1.54, 1.807) is 25.4 Å². The van der Waals surface area contributed by atoms with Crippen molar-refractivity contribution in [2.24, 2.45) is 4.99 Å². The van der Waals surface area contributed by atoms with Crippen LogP contribution in [0.2, 0.25) is 0 Å². The summed E-state index contributed by atoms with van der Waals surface area (Å²) < 4.78 is 11.2. The van der Waals surface area contributed by atoms with Gasteiger partial charge in [-0.3, -0.25) is 0 Å². The number of hydrogen-bond donors (Lipinski definition) is 1. The number of hydrogen-bond acceptors (Lipinski definition) is 7. The molecular formula is C23H29N3O4. The number of aliphatic imine (C=N–C) groups is 1. The third kappa shape index (κ3) is 4.25. The van der Waals surface area contributed by atoms with E-state index in [4.69, 9.17) is 9.15 Å². The Morgan fingerprint density at radius 2 is 2.03 bits per heavy atom. The molecule has 3 heterocycles. The monoisotopic (exact) mass is 411 g/mol. The minimum absolute atomic E-state index is 0.0600. The van der Waals surface area contributed by atoms with Crippen LogP contribution >= 0.6 is 0 Å². The maximum Gasteiger partial charge on any atom is 0.347 e. The number of nitrogens with zero attached hydrogens (tertiary/aromatic N) is 3. The van der Waals surface area contributed by atoms with Crippen LogP contribution in [0.1, 0.15) is 68.1 Å². The third-order valence-corrected chi connectivity index (χ3v) is 5.19. The minimum Gasteiger partial charge on any atom is -0.504 e. The van der Waals surface area contributed by atoms with E-state index >= 15 is 0 Å². The molecule has 0 atom stereocenters. The smallest absolute Gasteiger partial charge is 0.347 e. The van der Waals surface area contributed by atoms with Crippen molar-refractivity contribution in [3.05, 3.63) is 35.2 Å². The van der Waals surface area contributed by atoms with Gasteiger partial charge in [-0.25, -0.2) is 14.8 Å². The Hall–Kier alpha value is -3.09. The van der Waals surface area contributed by atoms with Gasteiger partial charge < -0.3 is 19.2 Å². The first-order chi connectivity index (χ1) is 14.5. The highest BCUT2D eigenvalue weighted by molar-refractivity contribution is 6.21. The molecule has 0 bridgehead atoms. The molecular weight excluding hydrogens is 382 g/mol. The third-order valence-electron chi connectivity index (χ3n) is 5.19. The first-order valence-corrected chi connectivity index (χ1v) is 10.5. The molecule has 0 aliphatic carbocycles. The number of allylic oxidation sites excluding steroid dienone is 1. The van der Waals surface area contributed by atoms with E-state index in [-0.39, 0.29) is 29.7 Å². The summed E-state index contributed by atoms with van der Waals surface area (Å²) in [4.78, 5) is 23.1. The van der Waals surface area contributed by atoms with E-state index < -0.39 is 5.97 Å². The predicted octanol–water partition coefficient (Wildman–Crippen LogP) is 5.22. The fourth-order valence-corrected chi connectivity index (χ4v) is 3.71. The lowest BCUT2D eigenvalue weighted by molar-refractivity contribution is 0.0523. The molecule has 0 radical (unpaired) electrons. The molecule has 1 aliphatic heterocycles. The van der Waals surface area contributed by atoms with E-state index in [0.717, 1.165) is 36.8 Å². The standard InChI is InChI=1S/C23H29N3O4/c1-5-9-16(10-6-2)26(4)22-19(23(28)29-7-3)20(27)18(30-22)13-15-14-25-21-17(15)11-8-12-24-21/h8,11-14,16,27H,5-7,9-10H2,1-4H3. The van der Waals surface area contributed by atoms with Gasteiger partial charge >= 0.3 is 5.97 Å². The number of aromatic hydroxyl groups is 1. The molecule has 0 spiro atoms. The van der Waals surface area contributed by atoms with Crippen molar-refractivity contribution in [3.63, 3.8) is 0 Å². The molecule has 1 N–H and O–H groups in total. The topological polar surface area (TPSA) is 88.2 Å². The molecule has 0 fully saturated rings. The van der Waals surface area contributed by atoms with Crippen molar-refractivity contribution in [1.82, 2.24) is 4.98 Å². The summed E-state index contributed by atoms with van der Waals surface area (Å²) >= 11 is 0. The minimum atomic E-state index is -0.598. The number of furan rings is 1. The van der Waals surface area contributed by atoms with Gasteiger partial charge in [-0.05, 0) is 38.0 Å². The van der Waals surface area contributed by atoms with Gasteiger partial charge in [0.1, 0.15) is 0 Å². The number of ether oxygens (including phenoxy) is 1. The van der Waals surface area contributed by atoms with Gasteiger partial charge in [0.15, 0.2) is 22.9 Å². The number of fused-ring (bicyclic) bond motifs is 1. The van der Waals surface area contributed by atoms with Gasteiger partial charge in [0, 0.05) is 36.6 Å². The van der Waals surface area contributed by atoms with Crippen molar-refractivity contribution >= 4 is 35.5 Å². The van der Waals surface area contributed by atoms with Crippen LogP contribution < -0.4 is 4.90 Å². The molecule has 0 aromatic carbocycles. The largest absolute Gasteiger partial charge is 0.504 e. The number of pyridine rings is 1. The summed E-state index contributed by atoms with van der Waals surface area (Å²) in [7, 11) is 1.89. The average Bonchev–Trinajstić information content (AvgIpc) is 3.29. The van der Waals surface area contributed by atoms with Crippen LogP contribution in [-0.4, -0.2) is 42.0 Å². The molecule has 30 heavy (non-hydrogen) atoms. The summed E-state index contributed by atoms with van der Waals surface area (Å²) in [6.07, 6.45) is 8.95. The van der Waals surface area contributed by atoms with E-state index in [9.17, 15) is 9.90 Å². The molecule has 2 aromatic heterocycles. The molecule has 7 heteroatoms. The van der Waals surface area contributed by atoms with Crippen LogP contribution in [0.15, 0.2) is 27.7 Å². The van der Waals surface area contributed by atoms with Crippen molar-refractivity contribution in [2.45, 2.75) is 52.5 Å². The Bertz CT molecular complexity index is 955. The number of anilines is 1. The molecule has 3 rings (SSSR count). The zero-order chi connectivity index (χ0) is 21.7. The van der Waals surface area contributed by atoms with Crippen LogP contribution in [0.5, 0.6) is 5.75 Å². The highest BCUT2D eigenvalue weighted by atomic mass is 16.5. The lowest BCUT2D eigenvalue weighted by Crippen LogP contribution is -2.32. The van der Waals surface area contributed by atoms with Crippen molar-refractivity contribution in [1.29, 1.82) is 0 Å². The molecule has 7 nitrogen and oxygen atoms in total. The molecule has 0 amide bonds. The first kappa shape index (κ1) is 21.6. The SMILES string of the molecule is CCCC(CCC)N(C)c1oc(C=C2C=Nc3ncccc32)c(O)c1C(=O)OCC. The highest BCUT2D eigenvalue weighted by Gasteiger charge is 2.31. The summed E-state index contributed by atoms with van der Waals surface area (Å²) in [6, 6.07) is 3.92. The van der Waals surface area contributed by atoms with E-state index in [1.165, 1.54) is 0 Å². The Balaban J connectivity index is 2.06. The molecule has 2 aromatic rings. The second-order valence-corrected chi connectivity index (χ2v) is 7.29. The van der Waals surface area contributed by atoms with Crippen LogP contribution in [0.4, 0.5) is 11.7 Å². The number of aromatic nitrogens is 1. The van der Waals surface area contributed by atoms with Crippen molar-refractivity contribution in [3.8, 4) is 5.75 Å².